The number of carboxylic acids is 2. The molecule has 2 amide bonds. The fraction of sp³-hybridized carbons (Fsp3) is 0.333. The van der Waals surface area contributed by atoms with Crippen molar-refractivity contribution in [1.82, 2.24) is 15.6 Å². The minimum Gasteiger partial charge on any atom is -0.481 e. The van der Waals surface area contributed by atoms with Crippen LogP contribution >= 0.6 is 12.6 Å². The van der Waals surface area contributed by atoms with Crippen LogP contribution in [0.1, 0.15) is 18.9 Å². The molecule has 0 fully saturated rings. The molecule has 0 saturated heterocycles. The number of carbonyl (C=O) groups excluding carboxylic acids is 2. The predicted octanol–water partition coefficient (Wildman–Crippen LogP) is 0.558. The van der Waals surface area contributed by atoms with Crippen molar-refractivity contribution in [1.29, 1.82) is 0 Å². The number of aromatic amines is 1. The Kier molecular flexibility index (Phi) is 7.05. The van der Waals surface area contributed by atoms with Gasteiger partial charge < -0.3 is 25.8 Å². The normalized spacial score (nSPS) is 14.1. The minimum absolute atomic E-state index is 0.0121. The maximum absolute atomic E-state index is 12.5. The Labute approximate surface area is 165 Å². The van der Waals surface area contributed by atoms with Gasteiger partial charge in [-0.15, -0.1) is 0 Å². The molecule has 0 saturated carbocycles. The standard InChI is InChI=1S/C18H21N3O6S/c1-9(28)16(24)20-13(7-15(22)23)17(25)21-14(18(26)27)6-10-8-19-12-5-3-2-4-11(10)12/h2-5,8-9,13-14,19,28H,6-7H2,1H3,(H,20,24)(H,21,25)(H,22,23)(H,26,27)/t9-,13-,14-/m0/s1. The smallest absolute Gasteiger partial charge is 0.326 e. The Morgan fingerprint density at radius 3 is 2.32 bits per heavy atom. The van der Waals surface area contributed by atoms with Crippen LogP contribution in [-0.2, 0) is 25.6 Å². The van der Waals surface area contributed by atoms with E-state index in [1.807, 2.05) is 24.3 Å². The van der Waals surface area contributed by atoms with Gasteiger partial charge in [0.2, 0.25) is 11.8 Å². The van der Waals surface area contributed by atoms with Crippen LogP contribution in [0.15, 0.2) is 30.5 Å². The number of hydrogen-bond acceptors (Lipinski definition) is 5. The highest BCUT2D eigenvalue weighted by Crippen LogP contribution is 2.19. The lowest BCUT2D eigenvalue weighted by Gasteiger charge is -2.21. The van der Waals surface area contributed by atoms with Gasteiger partial charge in [-0.05, 0) is 18.6 Å². The van der Waals surface area contributed by atoms with Gasteiger partial charge in [-0.1, -0.05) is 18.2 Å². The maximum atomic E-state index is 12.5. The van der Waals surface area contributed by atoms with Crippen LogP contribution in [0, 0.1) is 0 Å². The summed E-state index contributed by atoms with van der Waals surface area (Å²) in [5.74, 6) is -4.11. The van der Waals surface area contributed by atoms with E-state index in [4.69, 9.17) is 5.11 Å². The molecular formula is C18H21N3O6S. The zero-order valence-corrected chi connectivity index (χ0v) is 15.9. The average Bonchev–Trinajstić information content (AvgIpc) is 3.03. The highest BCUT2D eigenvalue weighted by molar-refractivity contribution is 7.81. The Hall–Kier alpha value is -3.01. The molecule has 1 aromatic heterocycles. The first-order valence-corrected chi connectivity index (χ1v) is 8.99. The van der Waals surface area contributed by atoms with Crippen molar-refractivity contribution in [2.45, 2.75) is 37.1 Å². The molecule has 2 rings (SSSR count). The second kappa shape index (κ2) is 9.27. The van der Waals surface area contributed by atoms with E-state index in [2.05, 4.69) is 28.2 Å². The second-order valence-corrected chi connectivity index (χ2v) is 7.07. The molecular weight excluding hydrogens is 386 g/mol. The number of aromatic nitrogens is 1. The number of aliphatic carboxylic acids is 2. The van der Waals surface area contributed by atoms with E-state index in [0.717, 1.165) is 10.9 Å². The van der Waals surface area contributed by atoms with Crippen molar-refractivity contribution >= 4 is 47.3 Å². The van der Waals surface area contributed by atoms with Crippen molar-refractivity contribution in [2.75, 3.05) is 0 Å². The second-order valence-electron chi connectivity index (χ2n) is 6.30. The third kappa shape index (κ3) is 5.49. The van der Waals surface area contributed by atoms with Crippen molar-refractivity contribution in [3.8, 4) is 0 Å². The van der Waals surface area contributed by atoms with Gasteiger partial charge >= 0.3 is 11.9 Å². The van der Waals surface area contributed by atoms with Crippen LogP contribution in [0.25, 0.3) is 10.9 Å². The number of H-pyrrole nitrogens is 1. The maximum Gasteiger partial charge on any atom is 0.326 e. The number of carboxylic acid groups (broad SMARTS) is 2. The number of carbonyl (C=O) groups is 4. The lowest BCUT2D eigenvalue weighted by Crippen LogP contribution is -2.53. The molecule has 1 heterocycles. The Morgan fingerprint density at radius 1 is 1.07 bits per heavy atom. The highest BCUT2D eigenvalue weighted by atomic mass is 32.1. The van der Waals surface area contributed by atoms with Crippen molar-refractivity contribution in [3.63, 3.8) is 0 Å². The van der Waals surface area contributed by atoms with E-state index < -0.39 is 47.5 Å². The molecule has 0 aliphatic carbocycles. The van der Waals surface area contributed by atoms with Gasteiger partial charge in [0.25, 0.3) is 0 Å². The number of thiol groups is 1. The summed E-state index contributed by atoms with van der Waals surface area (Å²) in [5.41, 5.74) is 1.51. The van der Waals surface area contributed by atoms with Crippen molar-refractivity contribution in [2.24, 2.45) is 0 Å². The third-order valence-corrected chi connectivity index (χ3v) is 4.34. The fourth-order valence-electron chi connectivity index (χ4n) is 2.67. The number of amides is 2. The van der Waals surface area contributed by atoms with Gasteiger partial charge in [0.1, 0.15) is 12.1 Å². The molecule has 0 unspecified atom stereocenters. The van der Waals surface area contributed by atoms with Crippen molar-refractivity contribution in [3.05, 3.63) is 36.0 Å². The summed E-state index contributed by atoms with van der Waals surface area (Å²) in [4.78, 5) is 49.9. The highest BCUT2D eigenvalue weighted by Gasteiger charge is 2.29. The van der Waals surface area contributed by atoms with Gasteiger partial charge in [0.05, 0.1) is 11.7 Å². The van der Waals surface area contributed by atoms with E-state index in [1.54, 1.807) is 6.20 Å². The molecule has 9 nitrogen and oxygen atoms in total. The number of nitrogens with one attached hydrogen (secondary N) is 3. The molecule has 1 aromatic carbocycles. The summed E-state index contributed by atoms with van der Waals surface area (Å²) in [6, 6.07) is 4.59. The summed E-state index contributed by atoms with van der Waals surface area (Å²) in [7, 11) is 0. The Balaban J connectivity index is 2.16. The van der Waals surface area contributed by atoms with Gasteiger partial charge in [-0.3, -0.25) is 14.4 Å². The summed E-state index contributed by atoms with van der Waals surface area (Å²) in [6.07, 6.45) is 0.963. The molecule has 0 radical (unpaired) electrons. The van der Waals surface area contributed by atoms with Crippen LogP contribution in [0.4, 0.5) is 0 Å². The van der Waals surface area contributed by atoms with E-state index >= 15 is 0 Å². The first kappa shape index (κ1) is 21.3. The molecule has 0 aliphatic rings. The van der Waals surface area contributed by atoms with E-state index in [1.165, 1.54) is 6.92 Å². The molecule has 0 aliphatic heterocycles. The minimum atomic E-state index is -1.41. The quantitative estimate of drug-likeness (QED) is 0.335. The van der Waals surface area contributed by atoms with Gasteiger partial charge in [0.15, 0.2) is 0 Å². The molecule has 5 N–H and O–H groups in total. The molecule has 2 aromatic rings. The summed E-state index contributed by atoms with van der Waals surface area (Å²) in [5, 5.41) is 23.1. The van der Waals surface area contributed by atoms with E-state index in [9.17, 15) is 24.3 Å². The van der Waals surface area contributed by atoms with Gasteiger partial charge in [-0.2, -0.15) is 12.6 Å². The molecule has 28 heavy (non-hydrogen) atoms. The first-order chi connectivity index (χ1) is 13.2. The van der Waals surface area contributed by atoms with E-state index in [0.29, 0.717) is 5.56 Å². The zero-order chi connectivity index (χ0) is 20.8. The molecule has 150 valence electrons. The van der Waals surface area contributed by atoms with E-state index in [-0.39, 0.29) is 6.42 Å². The third-order valence-electron chi connectivity index (χ3n) is 4.10. The average molecular weight is 407 g/mol. The molecule has 0 spiro atoms. The number of para-hydroxylation sites is 1. The van der Waals surface area contributed by atoms with Crippen LogP contribution in [0.3, 0.4) is 0 Å². The lowest BCUT2D eigenvalue weighted by molar-refractivity contribution is -0.143. The molecule has 0 bridgehead atoms. The Bertz CT molecular complexity index is 894. The lowest BCUT2D eigenvalue weighted by atomic mass is 10.0. The number of benzene rings is 1. The van der Waals surface area contributed by atoms with Crippen LogP contribution in [0.5, 0.6) is 0 Å². The summed E-state index contributed by atoms with van der Waals surface area (Å²) in [6.45, 7) is 1.46. The number of fused-ring (bicyclic) bond motifs is 1. The van der Waals surface area contributed by atoms with Gasteiger partial charge in [-0.25, -0.2) is 4.79 Å². The fourth-order valence-corrected chi connectivity index (χ4v) is 2.74. The number of hydrogen-bond donors (Lipinski definition) is 6. The molecule has 3 atom stereocenters. The summed E-state index contributed by atoms with van der Waals surface area (Å²) >= 11 is 3.93. The topological polar surface area (TPSA) is 149 Å². The van der Waals surface area contributed by atoms with Crippen molar-refractivity contribution < 1.29 is 29.4 Å². The Morgan fingerprint density at radius 2 is 1.71 bits per heavy atom. The van der Waals surface area contributed by atoms with Crippen LogP contribution in [-0.4, -0.2) is 56.3 Å². The largest absolute Gasteiger partial charge is 0.481 e. The SMILES string of the molecule is C[C@H](S)C(=O)N[C@@H](CC(=O)O)C(=O)N[C@@H](Cc1c[nH]c2ccccc12)C(=O)O. The molecule has 10 heteroatoms. The zero-order valence-electron chi connectivity index (χ0n) is 15.0. The predicted molar refractivity (Wildman–Crippen MR) is 104 cm³/mol. The van der Waals surface area contributed by atoms with Gasteiger partial charge in [0, 0.05) is 23.5 Å². The summed E-state index contributed by atoms with van der Waals surface area (Å²) < 4.78 is 0. The van der Waals surface area contributed by atoms with Crippen LogP contribution < -0.4 is 10.6 Å². The number of rotatable bonds is 9. The monoisotopic (exact) mass is 407 g/mol. The van der Waals surface area contributed by atoms with Crippen LogP contribution in [0.2, 0.25) is 0 Å². The first-order valence-electron chi connectivity index (χ1n) is 8.47.